The Morgan fingerprint density at radius 3 is 2.44 bits per heavy atom. The summed E-state index contributed by atoms with van der Waals surface area (Å²) in [5.74, 6) is 0.158. The van der Waals surface area contributed by atoms with Crippen molar-refractivity contribution in [2.24, 2.45) is 0 Å². The number of likely N-dealkylation sites (N-methyl/N-ethyl adjacent to an activating group) is 1. The fraction of sp³-hybridized carbons (Fsp3) is 0.533. The second-order valence-corrected chi connectivity index (χ2v) is 4.38. The van der Waals surface area contributed by atoms with Crippen LogP contribution in [0, 0.1) is 6.92 Å². The van der Waals surface area contributed by atoms with Crippen LogP contribution < -0.4 is 5.32 Å². The van der Waals surface area contributed by atoms with Crippen molar-refractivity contribution >= 4 is 11.6 Å². The number of para-hydroxylation sites is 1. The molecular formula is C15H24N2O. The number of rotatable bonds is 6. The molecule has 1 aromatic carbocycles. The third-order valence-corrected chi connectivity index (χ3v) is 3.27. The Morgan fingerprint density at radius 2 is 1.89 bits per heavy atom. The first-order valence-electron chi connectivity index (χ1n) is 6.74. The lowest BCUT2D eigenvalue weighted by atomic mass is 10.1. The van der Waals surface area contributed by atoms with Crippen LogP contribution in [0.4, 0.5) is 5.69 Å². The number of hydrogen-bond donors (Lipinski definition) is 1. The van der Waals surface area contributed by atoms with E-state index >= 15 is 0 Å². The molecule has 0 bridgehead atoms. The van der Waals surface area contributed by atoms with Gasteiger partial charge in [-0.15, -0.1) is 0 Å². The topological polar surface area (TPSA) is 32.3 Å². The third-order valence-electron chi connectivity index (χ3n) is 3.27. The molecule has 0 aliphatic rings. The van der Waals surface area contributed by atoms with Crippen LogP contribution >= 0.6 is 0 Å². The maximum atomic E-state index is 12.0. The standard InChI is InChI=1S/C15H24N2O/c1-5-13-10-8-9-12(4)15(13)16-11-14(18)17(6-2)7-3/h8-10,16H,5-7,11H2,1-4H3. The summed E-state index contributed by atoms with van der Waals surface area (Å²) in [4.78, 5) is 13.8. The highest BCUT2D eigenvalue weighted by atomic mass is 16.2. The minimum Gasteiger partial charge on any atom is -0.376 e. The molecule has 0 heterocycles. The van der Waals surface area contributed by atoms with E-state index < -0.39 is 0 Å². The molecule has 1 aromatic rings. The fourth-order valence-corrected chi connectivity index (χ4v) is 2.13. The SMILES string of the molecule is CCc1cccc(C)c1NCC(=O)N(CC)CC. The molecule has 0 spiro atoms. The molecule has 1 amide bonds. The maximum Gasteiger partial charge on any atom is 0.241 e. The summed E-state index contributed by atoms with van der Waals surface area (Å²) in [6.45, 7) is 10.1. The number of nitrogens with zero attached hydrogens (tertiary/aromatic N) is 1. The molecule has 0 aliphatic heterocycles. The number of anilines is 1. The molecule has 3 heteroatoms. The van der Waals surface area contributed by atoms with Crippen molar-refractivity contribution in [3.8, 4) is 0 Å². The summed E-state index contributed by atoms with van der Waals surface area (Å²) >= 11 is 0. The zero-order valence-corrected chi connectivity index (χ0v) is 11.9. The molecule has 100 valence electrons. The molecule has 0 aliphatic carbocycles. The number of carbonyl (C=O) groups is 1. The van der Waals surface area contributed by atoms with Crippen LogP contribution in [0.5, 0.6) is 0 Å². The minimum atomic E-state index is 0.158. The average molecular weight is 248 g/mol. The predicted octanol–water partition coefficient (Wildman–Crippen LogP) is 2.84. The van der Waals surface area contributed by atoms with Crippen molar-refractivity contribution in [3.63, 3.8) is 0 Å². The van der Waals surface area contributed by atoms with Crippen molar-refractivity contribution in [3.05, 3.63) is 29.3 Å². The van der Waals surface area contributed by atoms with E-state index in [2.05, 4.69) is 37.4 Å². The molecule has 0 unspecified atom stereocenters. The van der Waals surface area contributed by atoms with E-state index in [1.165, 1.54) is 11.1 Å². The van der Waals surface area contributed by atoms with E-state index in [0.29, 0.717) is 6.54 Å². The van der Waals surface area contributed by atoms with Gasteiger partial charge in [0.05, 0.1) is 6.54 Å². The molecule has 0 saturated heterocycles. The summed E-state index contributed by atoms with van der Waals surface area (Å²) in [6, 6.07) is 6.24. The van der Waals surface area contributed by atoms with E-state index in [-0.39, 0.29) is 5.91 Å². The Labute approximate surface area is 110 Å². The minimum absolute atomic E-state index is 0.158. The van der Waals surface area contributed by atoms with Gasteiger partial charge < -0.3 is 10.2 Å². The van der Waals surface area contributed by atoms with Crippen molar-refractivity contribution in [2.75, 3.05) is 25.0 Å². The molecule has 0 atom stereocenters. The largest absolute Gasteiger partial charge is 0.376 e. The smallest absolute Gasteiger partial charge is 0.241 e. The molecular weight excluding hydrogens is 224 g/mol. The van der Waals surface area contributed by atoms with Crippen LogP contribution in [0.2, 0.25) is 0 Å². The van der Waals surface area contributed by atoms with E-state index in [1.807, 2.05) is 18.7 Å². The first-order valence-corrected chi connectivity index (χ1v) is 6.74. The number of aryl methyl sites for hydroxylation is 2. The Bertz CT molecular complexity index is 397. The Hall–Kier alpha value is -1.51. The molecule has 0 saturated carbocycles. The van der Waals surface area contributed by atoms with Gasteiger partial charge >= 0.3 is 0 Å². The zero-order chi connectivity index (χ0) is 13.5. The van der Waals surface area contributed by atoms with Crippen LogP contribution in [0.1, 0.15) is 31.9 Å². The van der Waals surface area contributed by atoms with Crippen molar-refractivity contribution in [1.29, 1.82) is 0 Å². The van der Waals surface area contributed by atoms with Gasteiger partial charge in [-0.3, -0.25) is 4.79 Å². The van der Waals surface area contributed by atoms with Gasteiger partial charge in [0.15, 0.2) is 0 Å². The zero-order valence-electron chi connectivity index (χ0n) is 11.9. The van der Waals surface area contributed by atoms with Crippen molar-refractivity contribution < 1.29 is 4.79 Å². The van der Waals surface area contributed by atoms with Crippen molar-refractivity contribution in [1.82, 2.24) is 4.90 Å². The van der Waals surface area contributed by atoms with E-state index in [4.69, 9.17) is 0 Å². The molecule has 1 rings (SSSR count). The van der Waals surface area contributed by atoms with Gasteiger partial charge in [0.1, 0.15) is 0 Å². The van der Waals surface area contributed by atoms with E-state index in [0.717, 1.165) is 25.2 Å². The van der Waals surface area contributed by atoms with Gasteiger partial charge in [0.25, 0.3) is 0 Å². The number of nitrogens with one attached hydrogen (secondary N) is 1. The highest BCUT2D eigenvalue weighted by molar-refractivity contribution is 5.81. The third kappa shape index (κ3) is 3.49. The quantitative estimate of drug-likeness (QED) is 0.839. The lowest BCUT2D eigenvalue weighted by Crippen LogP contribution is -2.35. The Kier molecular flexibility index (Phi) is 5.69. The molecule has 1 N–H and O–H groups in total. The van der Waals surface area contributed by atoms with Crippen molar-refractivity contribution in [2.45, 2.75) is 34.1 Å². The highest BCUT2D eigenvalue weighted by Crippen LogP contribution is 2.20. The summed E-state index contributed by atoms with van der Waals surface area (Å²) in [7, 11) is 0. The summed E-state index contributed by atoms with van der Waals surface area (Å²) in [5.41, 5.74) is 3.57. The Balaban J connectivity index is 2.71. The summed E-state index contributed by atoms with van der Waals surface area (Å²) in [5, 5.41) is 3.29. The van der Waals surface area contributed by atoms with Gasteiger partial charge in [-0.1, -0.05) is 25.1 Å². The number of carbonyl (C=O) groups excluding carboxylic acids is 1. The molecule has 3 nitrogen and oxygen atoms in total. The van der Waals surface area contributed by atoms with Crippen LogP contribution in [0.15, 0.2) is 18.2 Å². The van der Waals surface area contributed by atoms with Gasteiger partial charge in [-0.25, -0.2) is 0 Å². The average Bonchev–Trinajstić information content (AvgIpc) is 2.38. The second-order valence-electron chi connectivity index (χ2n) is 4.38. The molecule has 18 heavy (non-hydrogen) atoms. The summed E-state index contributed by atoms with van der Waals surface area (Å²) in [6.07, 6.45) is 0.976. The first kappa shape index (κ1) is 14.6. The fourth-order valence-electron chi connectivity index (χ4n) is 2.13. The van der Waals surface area contributed by atoms with Crippen LogP contribution in [0.3, 0.4) is 0 Å². The van der Waals surface area contributed by atoms with Gasteiger partial charge in [-0.05, 0) is 38.3 Å². The number of amides is 1. The monoisotopic (exact) mass is 248 g/mol. The normalized spacial score (nSPS) is 10.2. The highest BCUT2D eigenvalue weighted by Gasteiger charge is 2.10. The van der Waals surface area contributed by atoms with Gasteiger partial charge in [0.2, 0.25) is 5.91 Å². The lowest BCUT2D eigenvalue weighted by molar-refractivity contribution is -0.128. The second kappa shape index (κ2) is 7.04. The van der Waals surface area contributed by atoms with E-state index in [9.17, 15) is 4.79 Å². The number of hydrogen-bond acceptors (Lipinski definition) is 2. The van der Waals surface area contributed by atoms with E-state index in [1.54, 1.807) is 0 Å². The maximum absolute atomic E-state index is 12.0. The van der Waals surface area contributed by atoms with Gasteiger partial charge in [0, 0.05) is 18.8 Å². The summed E-state index contributed by atoms with van der Waals surface area (Å²) < 4.78 is 0. The number of benzene rings is 1. The predicted molar refractivity (Wildman–Crippen MR) is 77.0 cm³/mol. The molecule has 0 radical (unpaired) electrons. The van der Waals surface area contributed by atoms with Gasteiger partial charge in [-0.2, -0.15) is 0 Å². The van der Waals surface area contributed by atoms with Crippen LogP contribution in [-0.2, 0) is 11.2 Å². The first-order chi connectivity index (χ1) is 8.63. The molecule has 0 aromatic heterocycles. The lowest BCUT2D eigenvalue weighted by Gasteiger charge is -2.20. The molecule has 0 fully saturated rings. The van der Waals surface area contributed by atoms with Crippen LogP contribution in [0.25, 0.3) is 0 Å². The van der Waals surface area contributed by atoms with Crippen LogP contribution in [-0.4, -0.2) is 30.4 Å². The Morgan fingerprint density at radius 1 is 1.22 bits per heavy atom.